The molecule has 0 unspecified atom stereocenters. The Morgan fingerprint density at radius 1 is 1.08 bits per heavy atom. The van der Waals surface area contributed by atoms with Gasteiger partial charge in [0, 0.05) is 30.7 Å². The van der Waals surface area contributed by atoms with Crippen molar-refractivity contribution in [1.29, 1.82) is 0 Å². The molecule has 0 aromatic heterocycles. The standard InChI is InChI=1S/C17H15BrClFN2O3S/c18-14-11-12(20)5-6-13(14)17(23)21-7-9-22(10-8-21)26(24,25)16-4-2-1-3-15(16)19/h1-6,11H,7-10H2. The fourth-order valence-corrected chi connectivity index (χ4v) is 5.19. The molecular formula is C17H15BrClFN2O3S. The zero-order valence-corrected chi connectivity index (χ0v) is 16.7. The number of piperazine rings is 1. The number of carbonyl (C=O) groups excluding carboxylic acids is 1. The van der Waals surface area contributed by atoms with E-state index in [1.54, 1.807) is 17.0 Å². The highest BCUT2D eigenvalue weighted by atomic mass is 79.9. The molecule has 2 aromatic carbocycles. The molecule has 0 N–H and O–H groups in total. The quantitative estimate of drug-likeness (QED) is 0.704. The van der Waals surface area contributed by atoms with E-state index in [2.05, 4.69) is 15.9 Å². The third kappa shape index (κ3) is 3.78. The summed E-state index contributed by atoms with van der Waals surface area (Å²) >= 11 is 9.20. The van der Waals surface area contributed by atoms with Crippen LogP contribution < -0.4 is 0 Å². The molecule has 138 valence electrons. The van der Waals surface area contributed by atoms with Gasteiger partial charge in [0.15, 0.2) is 0 Å². The van der Waals surface area contributed by atoms with Crippen molar-refractivity contribution in [3.8, 4) is 0 Å². The van der Waals surface area contributed by atoms with Crippen LogP contribution in [0.3, 0.4) is 0 Å². The van der Waals surface area contributed by atoms with E-state index >= 15 is 0 Å². The Hall–Kier alpha value is -1.48. The number of benzene rings is 2. The molecule has 1 aliphatic heterocycles. The lowest BCUT2D eigenvalue weighted by atomic mass is 10.2. The van der Waals surface area contributed by atoms with Crippen LogP contribution in [-0.4, -0.2) is 49.7 Å². The van der Waals surface area contributed by atoms with Crippen molar-refractivity contribution >= 4 is 43.5 Å². The molecule has 2 aromatic rings. The Morgan fingerprint density at radius 3 is 2.35 bits per heavy atom. The molecule has 0 radical (unpaired) electrons. The van der Waals surface area contributed by atoms with Crippen molar-refractivity contribution in [2.75, 3.05) is 26.2 Å². The third-order valence-electron chi connectivity index (χ3n) is 4.14. The van der Waals surface area contributed by atoms with Gasteiger partial charge in [-0.3, -0.25) is 4.79 Å². The molecule has 9 heteroatoms. The molecular weight excluding hydrogens is 447 g/mol. The van der Waals surface area contributed by atoms with Crippen molar-refractivity contribution in [1.82, 2.24) is 9.21 Å². The predicted octanol–water partition coefficient (Wildman–Crippen LogP) is 3.39. The first-order valence-electron chi connectivity index (χ1n) is 7.80. The van der Waals surface area contributed by atoms with Gasteiger partial charge in [0.2, 0.25) is 10.0 Å². The van der Waals surface area contributed by atoms with Crippen molar-refractivity contribution in [3.05, 3.63) is 63.3 Å². The Kier molecular flexibility index (Phi) is 5.67. The molecule has 1 amide bonds. The molecule has 1 heterocycles. The summed E-state index contributed by atoms with van der Waals surface area (Å²) in [6.45, 7) is 0.814. The van der Waals surface area contributed by atoms with Crippen LogP contribution in [0.5, 0.6) is 0 Å². The van der Waals surface area contributed by atoms with Gasteiger partial charge < -0.3 is 4.90 Å². The van der Waals surface area contributed by atoms with Gasteiger partial charge in [-0.1, -0.05) is 23.7 Å². The maximum atomic E-state index is 13.2. The summed E-state index contributed by atoms with van der Waals surface area (Å²) in [5, 5.41) is 0.168. The van der Waals surface area contributed by atoms with Gasteiger partial charge in [-0.05, 0) is 46.3 Å². The minimum absolute atomic E-state index is 0.0581. The summed E-state index contributed by atoms with van der Waals surface area (Å²) in [4.78, 5) is 14.2. The maximum absolute atomic E-state index is 13.2. The number of hydrogen-bond donors (Lipinski definition) is 0. The number of sulfonamides is 1. The first-order chi connectivity index (χ1) is 12.3. The highest BCUT2D eigenvalue weighted by molar-refractivity contribution is 9.10. The molecule has 0 aliphatic carbocycles. The van der Waals surface area contributed by atoms with Gasteiger partial charge in [0.05, 0.1) is 10.6 Å². The summed E-state index contributed by atoms with van der Waals surface area (Å²) in [6.07, 6.45) is 0. The van der Waals surface area contributed by atoms with Crippen molar-refractivity contribution in [2.45, 2.75) is 4.90 Å². The Balaban J connectivity index is 1.73. The van der Waals surface area contributed by atoms with Crippen LogP contribution in [0.25, 0.3) is 0 Å². The zero-order valence-electron chi connectivity index (χ0n) is 13.5. The SMILES string of the molecule is O=C(c1ccc(F)cc1Br)N1CCN(S(=O)(=O)c2ccccc2Cl)CC1. The van der Waals surface area contributed by atoms with Gasteiger partial charge >= 0.3 is 0 Å². The Bertz CT molecular complexity index is 947. The van der Waals surface area contributed by atoms with Crippen molar-refractivity contribution < 1.29 is 17.6 Å². The van der Waals surface area contributed by atoms with E-state index in [0.29, 0.717) is 10.0 Å². The topological polar surface area (TPSA) is 57.7 Å². The van der Waals surface area contributed by atoms with Crippen molar-refractivity contribution in [3.63, 3.8) is 0 Å². The number of rotatable bonds is 3. The summed E-state index contributed by atoms with van der Waals surface area (Å²) in [5.41, 5.74) is 0.341. The second-order valence-corrected chi connectivity index (χ2v) is 8.92. The largest absolute Gasteiger partial charge is 0.336 e. The summed E-state index contributed by atoms with van der Waals surface area (Å²) < 4.78 is 40.3. The zero-order chi connectivity index (χ0) is 18.9. The summed E-state index contributed by atoms with van der Waals surface area (Å²) in [7, 11) is -3.72. The molecule has 0 saturated carbocycles. The van der Waals surface area contributed by atoms with Crippen molar-refractivity contribution in [2.24, 2.45) is 0 Å². The van der Waals surface area contributed by atoms with Crippen LogP contribution in [-0.2, 0) is 10.0 Å². The molecule has 1 aliphatic rings. The average Bonchev–Trinajstić information content (AvgIpc) is 2.61. The monoisotopic (exact) mass is 460 g/mol. The molecule has 26 heavy (non-hydrogen) atoms. The molecule has 0 atom stereocenters. The van der Waals surface area contributed by atoms with Crippen LogP contribution in [0.4, 0.5) is 4.39 Å². The number of halogens is 3. The van der Waals surface area contributed by atoms with Gasteiger partial charge in [-0.15, -0.1) is 0 Å². The van der Waals surface area contributed by atoms with Crippen LogP contribution in [0.15, 0.2) is 51.8 Å². The lowest BCUT2D eigenvalue weighted by Gasteiger charge is -2.34. The highest BCUT2D eigenvalue weighted by Crippen LogP contribution is 2.26. The lowest BCUT2D eigenvalue weighted by molar-refractivity contribution is 0.0697. The molecule has 0 bridgehead atoms. The first-order valence-corrected chi connectivity index (χ1v) is 10.4. The second-order valence-electron chi connectivity index (χ2n) is 5.75. The maximum Gasteiger partial charge on any atom is 0.255 e. The van der Waals surface area contributed by atoms with Gasteiger partial charge in [0.1, 0.15) is 10.7 Å². The van der Waals surface area contributed by atoms with E-state index in [1.165, 1.54) is 34.6 Å². The second kappa shape index (κ2) is 7.64. The predicted molar refractivity (Wildman–Crippen MR) is 100 cm³/mol. The molecule has 3 rings (SSSR count). The number of hydrogen-bond acceptors (Lipinski definition) is 3. The van der Waals surface area contributed by atoms with E-state index in [4.69, 9.17) is 11.6 Å². The molecule has 1 saturated heterocycles. The minimum atomic E-state index is -3.72. The smallest absolute Gasteiger partial charge is 0.255 e. The van der Waals surface area contributed by atoms with Gasteiger partial charge in [0.25, 0.3) is 5.91 Å². The van der Waals surface area contributed by atoms with Crippen LogP contribution in [0.1, 0.15) is 10.4 Å². The molecule has 0 spiro atoms. The minimum Gasteiger partial charge on any atom is -0.336 e. The van der Waals surface area contributed by atoms with E-state index in [9.17, 15) is 17.6 Å². The summed E-state index contributed by atoms with van der Waals surface area (Å²) in [6, 6.07) is 10.1. The highest BCUT2D eigenvalue weighted by Gasteiger charge is 2.32. The van der Waals surface area contributed by atoms with Gasteiger partial charge in [-0.25, -0.2) is 12.8 Å². The van der Waals surface area contributed by atoms with E-state index in [-0.39, 0.29) is 42.0 Å². The molecule has 1 fully saturated rings. The normalized spacial score (nSPS) is 15.9. The van der Waals surface area contributed by atoms with Gasteiger partial charge in [-0.2, -0.15) is 4.31 Å². The fourth-order valence-electron chi connectivity index (χ4n) is 2.76. The third-order valence-corrected chi connectivity index (χ3v) is 7.20. The molecule has 5 nitrogen and oxygen atoms in total. The average molecular weight is 462 g/mol. The Morgan fingerprint density at radius 2 is 1.73 bits per heavy atom. The van der Waals surface area contributed by atoms with E-state index < -0.39 is 15.8 Å². The van der Waals surface area contributed by atoms with E-state index in [0.717, 1.165) is 0 Å². The number of carbonyl (C=O) groups is 1. The number of nitrogens with zero attached hydrogens (tertiary/aromatic N) is 2. The van der Waals surface area contributed by atoms with Crippen LogP contribution in [0.2, 0.25) is 5.02 Å². The van der Waals surface area contributed by atoms with E-state index in [1.807, 2.05) is 0 Å². The summed E-state index contributed by atoms with van der Waals surface area (Å²) in [5.74, 6) is -0.712. The first kappa shape index (κ1) is 19.3. The Labute approximate surface area is 164 Å². The van der Waals surface area contributed by atoms with Crippen LogP contribution in [0, 0.1) is 5.82 Å². The van der Waals surface area contributed by atoms with Crippen LogP contribution >= 0.6 is 27.5 Å². The lowest BCUT2D eigenvalue weighted by Crippen LogP contribution is -2.50. The fraction of sp³-hybridized carbons (Fsp3) is 0.235. The number of amides is 1.